The fourth-order valence-corrected chi connectivity index (χ4v) is 2.31. The van der Waals surface area contributed by atoms with Crippen molar-refractivity contribution in [1.29, 1.82) is 0 Å². The van der Waals surface area contributed by atoms with Gasteiger partial charge in [-0.15, -0.1) is 0 Å². The normalized spacial score (nSPS) is 15.5. The van der Waals surface area contributed by atoms with E-state index in [9.17, 15) is 14.1 Å². The van der Waals surface area contributed by atoms with E-state index in [1.165, 1.54) is 0 Å². The fraction of sp³-hybridized carbons (Fsp3) is 0.917. The van der Waals surface area contributed by atoms with Gasteiger partial charge in [-0.25, -0.2) is 0 Å². The number of hydrogen-bond acceptors (Lipinski definition) is 4. The van der Waals surface area contributed by atoms with E-state index in [0.717, 1.165) is 0 Å². The van der Waals surface area contributed by atoms with Gasteiger partial charge in [0.05, 0.1) is 11.9 Å². The molecule has 0 spiro atoms. The summed E-state index contributed by atoms with van der Waals surface area (Å²) in [6.07, 6.45) is -0.697. The third-order valence-electron chi connectivity index (χ3n) is 1.99. The molecule has 0 heterocycles. The first kappa shape index (κ1) is 17.5. The van der Waals surface area contributed by atoms with Crippen LogP contribution in [0.4, 0.5) is 0 Å². The summed E-state index contributed by atoms with van der Waals surface area (Å²) in [6.45, 7) is 10.1. The van der Waals surface area contributed by atoms with E-state index in [2.05, 4.69) is 10.6 Å². The highest BCUT2D eigenvalue weighted by Crippen LogP contribution is 1.99. The highest BCUT2D eigenvalue weighted by molar-refractivity contribution is 7.85. The highest BCUT2D eigenvalue weighted by Gasteiger charge is 2.16. The van der Waals surface area contributed by atoms with Crippen LogP contribution < -0.4 is 10.6 Å². The SMILES string of the molecule is CC(C)NC(=O)CS(=O)CC(O)CNC(C)(C)C. The molecule has 5 nitrogen and oxygen atoms in total. The lowest BCUT2D eigenvalue weighted by Gasteiger charge is -2.22. The fourth-order valence-electron chi connectivity index (χ4n) is 1.27. The quantitative estimate of drug-likeness (QED) is 0.613. The van der Waals surface area contributed by atoms with Gasteiger partial charge >= 0.3 is 0 Å². The number of hydrogen-bond donors (Lipinski definition) is 3. The molecule has 0 radical (unpaired) electrons. The number of amides is 1. The number of β-amino-alcohol motifs (C(OH)–C–C–N with tert-alkyl or cyclic N) is 1. The van der Waals surface area contributed by atoms with Gasteiger partial charge in [-0.3, -0.25) is 9.00 Å². The van der Waals surface area contributed by atoms with Gasteiger partial charge in [-0.1, -0.05) is 0 Å². The Bertz CT molecular complexity index is 288. The van der Waals surface area contributed by atoms with E-state index in [0.29, 0.717) is 6.54 Å². The van der Waals surface area contributed by atoms with E-state index in [-0.39, 0.29) is 29.0 Å². The standard InChI is InChI=1S/C12H26N2O3S/c1-9(2)14-11(16)8-18(17)7-10(15)6-13-12(3,4)5/h9-10,13,15H,6-8H2,1-5H3,(H,14,16). The predicted octanol–water partition coefficient (Wildman–Crippen LogP) is 0.00870. The van der Waals surface area contributed by atoms with Crippen molar-refractivity contribution in [2.24, 2.45) is 0 Å². The lowest BCUT2D eigenvalue weighted by molar-refractivity contribution is -0.119. The molecular formula is C12H26N2O3S. The maximum Gasteiger partial charge on any atom is 0.232 e. The Morgan fingerprint density at radius 3 is 2.33 bits per heavy atom. The second-order valence-corrected chi connectivity index (χ2v) is 7.26. The second kappa shape index (κ2) is 7.86. The third kappa shape index (κ3) is 10.7. The first-order valence-corrected chi connectivity index (χ1v) is 7.66. The minimum absolute atomic E-state index is 0.0435. The van der Waals surface area contributed by atoms with E-state index in [4.69, 9.17) is 0 Å². The summed E-state index contributed by atoms with van der Waals surface area (Å²) in [5, 5.41) is 15.5. The Morgan fingerprint density at radius 1 is 1.33 bits per heavy atom. The largest absolute Gasteiger partial charge is 0.391 e. The number of nitrogens with one attached hydrogen (secondary N) is 2. The van der Waals surface area contributed by atoms with Crippen molar-refractivity contribution in [3.63, 3.8) is 0 Å². The van der Waals surface area contributed by atoms with Crippen LogP contribution in [-0.4, -0.2) is 51.0 Å². The molecule has 2 unspecified atom stereocenters. The number of rotatable bonds is 7. The third-order valence-corrected chi connectivity index (χ3v) is 3.33. The lowest BCUT2D eigenvalue weighted by Crippen LogP contribution is -2.43. The Hall–Kier alpha value is -0.460. The molecule has 0 fully saturated rings. The molecule has 108 valence electrons. The van der Waals surface area contributed by atoms with Crippen LogP contribution in [-0.2, 0) is 15.6 Å². The van der Waals surface area contributed by atoms with Crippen molar-refractivity contribution in [3.8, 4) is 0 Å². The van der Waals surface area contributed by atoms with Crippen molar-refractivity contribution < 1.29 is 14.1 Å². The molecule has 3 N–H and O–H groups in total. The molecule has 0 aliphatic rings. The summed E-state index contributed by atoms with van der Waals surface area (Å²) in [4.78, 5) is 11.4. The van der Waals surface area contributed by atoms with Gasteiger partial charge in [0.2, 0.25) is 5.91 Å². The smallest absolute Gasteiger partial charge is 0.232 e. The Balaban J connectivity index is 3.90. The van der Waals surface area contributed by atoms with Gasteiger partial charge in [-0.2, -0.15) is 0 Å². The first-order valence-electron chi connectivity index (χ1n) is 6.17. The molecule has 0 aromatic rings. The van der Waals surface area contributed by atoms with E-state index < -0.39 is 16.9 Å². The van der Waals surface area contributed by atoms with Crippen molar-refractivity contribution >= 4 is 16.7 Å². The van der Waals surface area contributed by atoms with Crippen LogP contribution in [0.3, 0.4) is 0 Å². The summed E-state index contributed by atoms with van der Waals surface area (Å²) in [5.74, 6) is -0.168. The predicted molar refractivity (Wildman–Crippen MR) is 74.9 cm³/mol. The second-order valence-electron chi connectivity index (χ2n) is 5.76. The van der Waals surface area contributed by atoms with Gasteiger partial charge in [0.1, 0.15) is 5.75 Å². The molecule has 1 amide bonds. The lowest BCUT2D eigenvalue weighted by atomic mass is 10.1. The van der Waals surface area contributed by atoms with Crippen LogP contribution in [0.2, 0.25) is 0 Å². The molecule has 0 aliphatic carbocycles. The Morgan fingerprint density at radius 2 is 1.89 bits per heavy atom. The van der Waals surface area contributed by atoms with E-state index in [1.54, 1.807) is 0 Å². The van der Waals surface area contributed by atoms with Crippen LogP contribution in [0, 0.1) is 0 Å². The van der Waals surface area contributed by atoms with Crippen molar-refractivity contribution in [1.82, 2.24) is 10.6 Å². The number of carbonyl (C=O) groups is 1. The summed E-state index contributed by atoms with van der Waals surface area (Å²) in [5.41, 5.74) is -0.0858. The maximum atomic E-state index is 11.6. The molecule has 0 aromatic heterocycles. The highest BCUT2D eigenvalue weighted by atomic mass is 32.2. The number of aliphatic hydroxyl groups excluding tert-OH is 1. The minimum atomic E-state index is -1.33. The van der Waals surface area contributed by atoms with Crippen molar-refractivity contribution in [3.05, 3.63) is 0 Å². The Labute approximate surface area is 112 Å². The monoisotopic (exact) mass is 278 g/mol. The molecular weight excluding hydrogens is 252 g/mol. The van der Waals surface area contributed by atoms with E-state index >= 15 is 0 Å². The van der Waals surface area contributed by atoms with Crippen LogP contribution >= 0.6 is 0 Å². The van der Waals surface area contributed by atoms with Crippen LogP contribution in [0.1, 0.15) is 34.6 Å². The van der Waals surface area contributed by atoms with Crippen LogP contribution in [0.25, 0.3) is 0 Å². The van der Waals surface area contributed by atoms with Crippen LogP contribution in [0.15, 0.2) is 0 Å². The zero-order valence-electron chi connectivity index (χ0n) is 11.9. The number of aliphatic hydroxyl groups is 1. The van der Waals surface area contributed by atoms with Gasteiger partial charge in [0.25, 0.3) is 0 Å². The van der Waals surface area contributed by atoms with Gasteiger partial charge in [-0.05, 0) is 34.6 Å². The Kier molecular flexibility index (Phi) is 7.66. The molecule has 0 rings (SSSR count). The molecule has 0 bridgehead atoms. The molecule has 2 atom stereocenters. The molecule has 0 saturated heterocycles. The average molecular weight is 278 g/mol. The van der Waals surface area contributed by atoms with Crippen molar-refractivity contribution in [2.75, 3.05) is 18.1 Å². The number of carbonyl (C=O) groups excluding carboxylic acids is 1. The van der Waals surface area contributed by atoms with Crippen LogP contribution in [0.5, 0.6) is 0 Å². The van der Waals surface area contributed by atoms with Gasteiger partial charge < -0.3 is 15.7 Å². The summed E-state index contributed by atoms with van der Waals surface area (Å²) in [6, 6.07) is 0.0435. The molecule has 18 heavy (non-hydrogen) atoms. The molecule has 0 saturated carbocycles. The van der Waals surface area contributed by atoms with Crippen molar-refractivity contribution in [2.45, 2.75) is 52.3 Å². The molecule has 0 aliphatic heterocycles. The van der Waals surface area contributed by atoms with E-state index in [1.807, 2.05) is 34.6 Å². The molecule has 6 heteroatoms. The maximum absolute atomic E-state index is 11.6. The van der Waals surface area contributed by atoms with Gasteiger partial charge in [0, 0.05) is 28.9 Å². The molecule has 0 aromatic carbocycles. The average Bonchev–Trinajstić information content (AvgIpc) is 2.11. The zero-order chi connectivity index (χ0) is 14.3. The first-order chi connectivity index (χ1) is 8.10. The zero-order valence-corrected chi connectivity index (χ0v) is 12.8. The summed E-state index contributed by atoms with van der Waals surface area (Å²) in [7, 11) is -1.33. The summed E-state index contributed by atoms with van der Waals surface area (Å²) >= 11 is 0. The topological polar surface area (TPSA) is 78.4 Å². The summed E-state index contributed by atoms with van der Waals surface area (Å²) < 4.78 is 11.6. The van der Waals surface area contributed by atoms with Gasteiger partial charge in [0.15, 0.2) is 0 Å². The minimum Gasteiger partial charge on any atom is -0.391 e.